The molecule has 3 heteroatoms. The van der Waals surface area contributed by atoms with E-state index < -0.39 is 5.92 Å². The number of halogens is 1. The molecule has 1 unspecified atom stereocenters. The van der Waals surface area contributed by atoms with E-state index in [9.17, 15) is 9.18 Å². The zero-order chi connectivity index (χ0) is 14.5. The van der Waals surface area contributed by atoms with Gasteiger partial charge >= 0.3 is 0 Å². The summed E-state index contributed by atoms with van der Waals surface area (Å²) in [7, 11) is 0. The molecule has 2 aromatic rings. The van der Waals surface area contributed by atoms with Crippen molar-refractivity contribution in [1.29, 1.82) is 5.26 Å². The Kier molecular flexibility index (Phi) is 4.27. The fourth-order valence-electron chi connectivity index (χ4n) is 2.14. The summed E-state index contributed by atoms with van der Waals surface area (Å²) in [6, 6.07) is 15.5. The van der Waals surface area contributed by atoms with Gasteiger partial charge in [-0.25, -0.2) is 4.39 Å². The Hall–Kier alpha value is -2.47. The van der Waals surface area contributed by atoms with Crippen molar-refractivity contribution in [3.05, 3.63) is 71.0 Å². The minimum absolute atomic E-state index is 0.110. The Morgan fingerprint density at radius 3 is 2.55 bits per heavy atom. The van der Waals surface area contributed by atoms with Gasteiger partial charge in [0.2, 0.25) is 0 Å². The number of carbonyl (C=O) groups excluding carboxylic acids is 1. The smallest absolute Gasteiger partial charge is 0.171 e. The van der Waals surface area contributed by atoms with Crippen molar-refractivity contribution in [3.8, 4) is 6.07 Å². The topological polar surface area (TPSA) is 40.9 Å². The summed E-state index contributed by atoms with van der Waals surface area (Å²) in [6.45, 7) is 1.62. The van der Waals surface area contributed by atoms with Gasteiger partial charge in [0.15, 0.2) is 5.78 Å². The molecule has 0 aromatic heterocycles. The molecule has 2 nitrogen and oxygen atoms in total. The maximum Gasteiger partial charge on any atom is 0.171 e. The number of hydrogen-bond donors (Lipinski definition) is 0. The molecule has 0 N–H and O–H groups in total. The Morgan fingerprint density at radius 1 is 1.25 bits per heavy atom. The van der Waals surface area contributed by atoms with E-state index in [1.807, 2.05) is 36.4 Å². The van der Waals surface area contributed by atoms with Gasteiger partial charge < -0.3 is 0 Å². The average Bonchev–Trinajstić information content (AvgIpc) is 2.48. The van der Waals surface area contributed by atoms with E-state index in [4.69, 9.17) is 5.26 Å². The van der Waals surface area contributed by atoms with Crippen molar-refractivity contribution in [1.82, 2.24) is 0 Å². The summed E-state index contributed by atoms with van der Waals surface area (Å²) >= 11 is 0. The lowest BCUT2D eigenvalue weighted by Gasteiger charge is -2.13. The number of nitriles is 1. The van der Waals surface area contributed by atoms with Crippen LogP contribution in [0.4, 0.5) is 4.39 Å². The summed E-state index contributed by atoms with van der Waals surface area (Å²) in [4.78, 5) is 12.5. The number of nitrogens with zero attached hydrogens (tertiary/aromatic N) is 1. The van der Waals surface area contributed by atoms with Gasteiger partial charge in [0.1, 0.15) is 5.82 Å². The highest BCUT2D eigenvalue weighted by molar-refractivity contribution is 6.01. The van der Waals surface area contributed by atoms with Crippen molar-refractivity contribution >= 4 is 5.78 Å². The lowest BCUT2D eigenvalue weighted by Crippen LogP contribution is -2.13. The predicted molar refractivity (Wildman–Crippen MR) is 74.9 cm³/mol. The Labute approximate surface area is 117 Å². The van der Waals surface area contributed by atoms with Gasteiger partial charge in [-0.15, -0.1) is 0 Å². The first kappa shape index (κ1) is 14.0. The lowest BCUT2D eigenvalue weighted by molar-refractivity contribution is 0.0960. The van der Waals surface area contributed by atoms with E-state index in [1.54, 1.807) is 6.92 Å². The second kappa shape index (κ2) is 6.12. The number of ketones is 1. The van der Waals surface area contributed by atoms with Crippen molar-refractivity contribution in [2.24, 2.45) is 0 Å². The quantitative estimate of drug-likeness (QED) is 0.785. The highest BCUT2D eigenvalue weighted by atomic mass is 19.1. The Balaban J connectivity index is 2.37. The summed E-state index contributed by atoms with van der Waals surface area (Å²) in [5.41, 5.74) is 1.67. The van der Waals surface area contributed by atoms with Crippen LogP contribution in [0.5, 0.6) is 0 Å². The fraction of sp³-hybridized carbons (Fsp3) is 0.176. The summed E-state index contributed by atoms with van der Waals surface area (Å²) in [6.07, 6.45) is 0.110. The largest absolute Gasteiger partial charge is 0.293 e. The van der Waals surface area contributed by atoms with E-state index in [1.165, 1.54) is 18.2 Å². The third kappa shape index (κ3) is 2.92. The highest BCUT2D eigenvalue weighted by Crippen LogP contribution is 2.24. The van der Waals surface area contributed by atoms with Crippen LogP contribution in [-0.4, -0.2) is 5.78 Å². The van der Waals surface area contributed by atoms with E-state index in [-0.39, 0.29) is 18.0 Å². The molecule has 0 aliphatic rings. The Morgan fingerprint density at radius 2 is 1.95 bits per heavy atom. The second-order valence-electron chi connectivity index (χ2n) is 4.65. The summed E-state index contributed by atoms with van der Waals surface area (Å²) in [5.74, 6) is -0.995. The van der Waals surface area contributed by atoms with Crippen LogP contribution in [0.2, 0.25) is 0 Å². The van der Waals surface area contributed by atoms with Gasteiger partial charge in [0.05, 0.1) is 12.0 Å². The summed E-state index contributed by atoms with van der Waals surface area (Å²) < 4.78 is 13.3. The molecule has 2 aromatic carbocycles. The molecule has 20 heavy (non-hydrogen) atoms. The molecular formula is C17H14FNO. The minimum atomic E-state index is -0.508. The van der Waals surface area contributed by atoms with E-state index >= 15 is 0 Å². The monoisotopic (exact) mass is 267 g/mol. The molecule has 0 amide bonds. The van der Waals surface area contributed by atoms with Crippen LogP contribution in [0.1, 0.15) is 33.8 Å². The van der Waals surface area contributed by atoms with Crippen molar-refractivity contribution in [2.75, 3.05) is 0 Å². The van der Waals surface area contributed by atoms with Crippen LogP contribution in [-0.2, 0) is 0 Å². The molecule has 0 bridgehead atoms. The molecule has 0 saturated carbocycles. The first-order valence-corrected chi connectivity index (χ1v) is 6.35. The van der Waals surface area contributed by atoms with Crippen LogP contribution in [0.15, 0.2) is 48.5 Å². The van der Waals surface area contributed by atoms with Gasteiger partial charge in [-0.3, -0.25) is 4.79 Å². The Bertz CT molecular complexity index is 658. The number of benzene rings is 2. The summed E-state index contributed by atoms with van der Waals surface area (Å²) in [5, 5.41) is 8.93. The SMILES string of the molecule is Cc1cc(C(=O)C(CC#N)c2ccccc2)ccc1F. The molecule has 0 aliphatic heterocycles. The molecule has 2 rings (SSSR count). The first-order chi connectivity index (χ1) is 9.63. The fourth-order valence-corrected chi connectivity index (χ4v) is 2.14. The number of hydrogen-bond acceptors (Lipinski definition) is 2. The number of aryl methyl sites for hydroxylation is 1. The molecule has 0 radical (unpaired) electrons. The van der Waals surface area contributed by atoms with Gasteiger partial charge in [-0.2, -0.15) is 5.26 Å². The van der Waals surface area contributed by atoms with Gasteiger partial charge in [-0.05, 0) is 36.2 Å². The van der Waals surface area contributed by atoms with Gasteiger partial charge in [0.25, 0.3) is 0 Å². The minimum Gasteiger partial charge on any atom is -0.293 e. The van der Waals surface area contributed by atoms with Crippen LogP contribution in [0.25, 0.3) is 0 Å². The van der Waals surface area contributed by atoms with E-state index in [0.29, 0.717) is 11.1 Å². The highest BCUT2D eigenvalue weighted by Gasteiger charge is 2.22. The van der Waals surface area contributed by atoms with E-state index in [2.05, 4.69) is 0 Å². The molecular weight excluding hydrogens is 253 g/mol. The van der Waals surface area contributed by atoms with Crippen molar-refractivity contribution in [2.45, 2.75) is 19.3 Å². The number of rotatable bonds is 4. The molecule has 0 saturated heterocycles. The third-order valence-electron chi connectivity index (χ3n) is 3.26. The molecule has 0 aliphatic carbocycles. The first-order valence-electron chi connectivity index (χ1n) is 6.35. The van der Waals surface area contributed by atoms with Crippen LogP contribution < -0.4 is 0 Å². The molecule has 1 atom stereocenters. The van der Waals surface area contributed by atoms with Crippen molar-refractivity contribution < 1.29 is 9.18 Å². The van der Waals surface area contributed by atoms with Crippen molar-refractivity contribution in [3.63, 3.8) is 0 Å². The van der Waals surface area contributed by atoms with Crippen LogP contribution in [0, 0.1) is 24.1 Å². The number of Topliss-reactive ketones (excluding diaryl/α,β-unsaturated/α-hetero) is 1. The molecule has 0 spiro atoms. The lowest BCUT2D eigenvalue weighted by atomic mass is 9.88. The standard InChI is InChI=1S/C17H14FNO/c1-12-11-14(7-8-16(12)18)17(20)15(9-10-19)13-5-3-2-4-6-13/h2-8,11,15H,9H2,1H3. The normalized spacial score (nSPS) is 11.7. The second-order valence-corrected chi connectivity index (χ2v) is 4.65. The maximum absolute atomic E-state index is 13.3. The zero-order valence-electron chi connectivity index (χ0n) is 11.1. The average molecular weight is 267 g/mol. The van der Waals surface area contributed by atoms with Gasteiger partial charge in [0, 0.05) is 12.0 Å². The maximum atomic E-state index is 13.3. The molecule has 100 valence electrons. The third-order valence-corrected chi connectivity index (χ3v) is 3.26. The van der Waals surface area contributed by atoms with Crippen LogP contribution >= 0.6 is 0 Å². The predicted octanol–water partition coefficient (Wildman–Crippen LogP) is 4.01. The molecule has 0 heterocycles. The number of carbonyl (C=O) groups is 1. The van der Waals surface area contributed by atoms with Gasteiger partial charge in [-0.1, -0.05) is 30.3 Å². The van der Waals surface area contributed by atoms with E-state index in [0.717, 1.165) is 5.56 Å². The zero-order valence-corrected chi connectivity index (χ0v) is 11.1. The molecule has 0 fully saturated rings. The van der Waals surface area contributed by atoms with Crippen LogP contribution in [0.3, 0.4) is 0 Å².